The number of halogens is 3. The molecule has 0 amide bonds. The quantitative estimate of drug-likeness (QED) is 0.0748. The van der Waals surface area contributed by atoms with Crippen molar-refractivity contribution in [2.24, 2.45) is 16.2 Å². The number of alkyl halides is 3. The number of carbonyl (C=O) groups is 1. The number of hydrogen-bond donors (Lipinski definition) is 0. The summed E-state index contributed by atoms with van der Waals surface area (Å²) in [5, 5.41) is 0.461. The number of rotatable bonds is 22. The van der Waals surface area contributed by atoms with Gasteiger partial charge < -0.3 is 18.6 Å². The van der Waals surface area contributed by atoms with E-state index in [1.807, 2.05) is 0 Å². The molecule has 1 aromatic carbocycles. The summed E-state index contributed by atoms with van der Waals surface area (Å²) in [6, 6.07) is 9.36. The lowest BCUT2D eigenvalue weighted by Gasteiger charge is -2.26. The minimum atomic E-state index is -4.91. The molecule has 0 saturated heterocycles. The highest BCUT2D eigenvalue weighted by Gasteiger charge is 2.67. The monoisotopic (exact) mass is 743 g/mol. The van der Waals surface area contributed by atoms with Gasteiger partial charge in [0.25, 0.3) is 0 Å². The van der Waals surface area contributed by atoms with Crippen LogP contribution in [0.25, 0.3) is 22.2 Å². The molecule has 53 heavy (non-hydrogen) atoms. The number of fused-ring (bicyclic) bond motifs is 1. The molecular formula is C43H60F3NO6. The Balaban J connectivity index is 1.11. The third-order valence-corrected chi connectivity index (χ3v) is 10.5. The summed E-state index contributed by atoms with van der Waals surface area (Å²) in [5.41, 5.74) is -0.151. The highest BCUT2D eigenvalue weighted by Crippen LogP contribution is 2.68. The van der Waals surface area contributed by atoms with E-state index in [1.54, 1.807) is 18.2 Å². The summed E-state index contributed by atoms with van der Waals surface area (Å²) in [6.45, 7) is 14.0. The third-order valence-electron chi connectivity index (χ3n) is 10.5. The number of hydrogen-bond acceptors (Lipinski definition) is 7. The van der Waals surface area contributed by atoms with Gasteiger partial charge in [0.2, 0.25) is 11.6 Å². The van der Waals surface area contributed by atoms with Crippen LogP contribution in [-0.4, -0.2) is 30.5 Å². The molecule has 3 aromatic rings. The highest BCUT2D eigenvalue weighted by atomic mass is 19.4. The maximum absolute atomic E-state index is 13.3. The highest BCUT2D eigenvalue weighted by molar-refractivity contribution is 5.82. The standard InChI is InChI=1S/C43H60F3NO6/c1-7-8-17-20-31-21-23-33(35(27-31)53-43(44,45)46)34-28-32-22-24-36(47-37(32)52-38(34)48)50-25-18-15-13-11-9-10-12-14-16-19-26-51-39(49)42(6)30-41(42,5)29-40(2,3)4/h21-24,27-28H,7-20,25-26,29-30H2,1-6H3. The van der Waals surface area contributed by atoms with Gasteiger partial charge in [-0.2, -0.15) is 4.98 Å². The Bertz CT molecular complexity index is 1700. The van der Waals surface area contributed by atoms with Crippen LogP contribution in [0.15, 0.2) is 45.6 Å². The summed E-state index contributed by atoms with van der Waals surface area (Å²) in [7, 11) is 0. The number of ether oxygens (including phenoxy) is 3. The molecule has 1 aliphatic carbocycles. The van der Waals surface area contributed by atoms with Gasteiger partial charge in [0.05, 0.1) is 24.2 Å². The molecule has 0 bridgehead atoms. The van der Waals surface area contributed by atoms with Gasteiger partial charge >= 0.3 is 18.0 Å². The first-order chi connectivity index (χ1) is 25.0. The number of aryl methyl sites for hydroxylation is 1. The van der Waals surface area contributed by atoms with Crippen LogP contribution in [0.1, 0.15) is 143 Å². The molecule has 1 aliphatic rings. The van der Waals surface area contributed by atoms with Crippen molar-refractivity contribution in [1.29, 1.82) is 0 Å². The van der Waals surface area contributed by atoms with E-state index in [0.717, 1.165) is 70.6 Å². The molecule has 2 aromatic heterocycles. The molecule has 2 unspecified atom stereocenters. The Morgan fingerprint density at radius 1 is 0.830 bits per heavy atom. The Morgan fingerprint density at radius 3 is 2.09 bits per heavy atom. The molecule has 7 nitrogen and oxygen atoms in total. The van der Waals surface area contributed by atoms with Crippen molar-refractivity contribution in [3.8, 4) is 22.8 Å². The lowest BCUT2D eigenvalue weighted by atomic mass is 9.79. The SMILES string of the molecule is CCCCCc1ccc(-c2cc3ccc(OCCCCCCCCCCCCOC(=O)C4(C)CC4(C)CC(C)(C)C)nc3oc2=O)c(OC(F)(F)F)c1. The molecular weight excluding hydrogens is 683 g/mol. The first kappa shape index (κ1) is 42.2. The van der Waals surface area contributed by atoms with Crippen LogP contribution in [0.4, 0.5) is 13.2 Å². The topological polar surface area (TPSA) is 87.9 Å². The van der Waals surface area contributed by atoms with Crippen molar-refractivity contribution >= 4 is 17.1 Å². The second kappa shape index (κ2) is 18.7. The fourth-order valence-electron chi connectivity index (χ4n) is 7.59. The van der Waals surface area contributed by atoms with E-state index in [4.69, 9.17) is 13.9 Å². The average Bonchev–Trinajstić information content (AvgIpc) is 3.62. The Hall–Kier alpha value is -3.56. The lowest BCUT2D eigenvalue weighted by molar-refractivity contribution is -0.274. The molecule has 2 atom stereocenters. The van der Waals surface area contributed by atoms with Crippen molar-refractivity contribution in [2.45, 2.75) is 151 Å². The van der Waals surface area contributed by atoms with Crippen LogP contribution in [-0.2, 0) is 16.0 Å². The van der Waals surface area contributed by atoms with Gasteiger partial charge in [-0.15, -0.1) is 13.2 Å². The summed E-state index contributed by atoms with van der Waals surface area (Å²) in [4.78, 5) is 30.0. The van der Waals surface area contributed by atoms with Gasteiger partial charge in [-0.3, -0.25) is 4.79 Å². The zero-order chi connectivity index (χ0) is 38.7. The molecule has 10 heteroatoms. The van der Waals surface area contributed by atoms with Crippen molar-refractivity contribution in [1.82, 2.24) is 4.98 Å². The van der Waals surface area contributed by atoms with E-state index in [1.165, 1.54) is 43.9 Å². The van der Waals surface area contributed by atoms with E-state index in [-0.39, 0.29) is 39.1 Å². The molecule has 0 spiro atoms. The molecule has 1 fully saturated rings. The second-order valence-corrected chi connectivity index (χ2v) is 16.7. The van der Waals surface area contributed by atoms with E-state index < -0.39 is 17.7 Å². The molecule has 0 radical (unpaired) electrons. The molecule has 0 N–H and O–H groups in total. The number of carbonyl (C=O) groups excluding carboxylic acids is 1. The van der Waals surface area contributed by atoms with Gasteiger partial charge in [-0.25, -0.2) is 4.79 Å². The smallest absolute Gasteiger partial charge is 0.478 e. The van der Waals surface area contributed by atoms with Crippen LogP contribution in [0.2, 0.25) is 0 Å². The van der Waals surface area contributed by atoms with Crippen molar-refractivity contribution in [3.63, 3.8) is 0 Å². The molecule has 294 valence electrons. The number of nitrogens with zero attached hydrogens (tertiary/aromatic N) is 1. The van der Waals surface area contributed by atoms with Crippen molar-refractivity contribution in [2.75, 3.05) is 13.2 Å². The van der Waals surface area contributed by atoms with Crippen LogP contribution < -0.4 is 15.1 Å². The molecule has 1 saturated carbocycles. The Morgan fingerprint density at radius 2 is 1.47 bits per heavy atom. The first-order valence-electron chi connectivity index (χ1n) is 19.7. The minimum absolute atomic E-state index is 0.00897. The predicted molar refractivity (Wildman–Crippen MR) is 203 cm³/mol. The van der Waals surface area contributed by atoms with Crippen LogP contribution in [0.3, 0.4) is 0 Å². The average molecular weight is 744 g/mol. The van der Waals surface area contributed by atoms with Crippen LogP contribution in [0.5, 0.6) is 11.6 Å². The van der Waals surface area contributed by atoms with Gasteiger partial charge in [0, 0.05) is 17.0 Å². The van der Waals surface area contributed by atoms with Gasteiger partial charge in [0.15, 0.2) is 0 Å². The largest absolute Gasteiger partial charge is 0.573 e. The normalized spacial score (nSPS) is 18.7. The predicted octanol–water partition coefficient (Wildman–Crippen LogP) is 12.2. The summed E-state index contributed by atoms with van der Waals surface area (Å²) in [5.74, 6) is -0.135. The van der Waals surface area contributed by atoms with Gasteiger partial charge in [-0.05, 0) is 80.0 Å². The van der Waals surface area contributed by atoms with Crippen LogP contribution in [0, 0.1) is 16.2 Å². The summed E-state index contributed by atoms with van der Waals surface area (Å²) >= 11 is 0. The third kappa shape index (κ3) is 12.8. The maximum atomic E-state index is 13.3. The van der Waals surface area contributed by atoms with Gasteiger partial charge in [-0.1, -0.05) is 111 Å². The summed E-state index contributed by atoms with van der Waals surface area (Å²) < 4.78 is 61.1. The fourth-order valence-corrected chi connectivity index (χ4v) is 7.59. The number of unbranched alkanes of at least 4 members (excludes halogenated alkanes) is 11. The fraction of sp³-hybridized carbons (Fsp3) is 0.651. The number of pyridine rings is 1. The molecule has 0 aliphatic heterocycles. The van der Waals surface area contributed by atoms with E-state index >= 15 is 0 Å². The molecule has 4 rings (SSSR count). The van der Waals surface area contributed by atoms with E-state index in [2.05, 4.69) is 51.3 Å². The zero-order valence-electron chi connectivity index (χ0n) is 32.7. The number of esters is 1. The summed E-state index contributed by atoms with van der Waals surface area (Å²) in [6.07, 6.45) is 11.4. The maximum Gasteiger partial charge on any atom is 0.573 e. The molecule has 2 heterocycles. The Labute approximate surface area is 313 Å². The zero-order valence-corrected chi connectivity index (χ0v) is 32.7. The van der Waals surface area contributed by atoms with Crippen molar-refractivity contribution < 1.29 is 36.6 Å². The Kier molecular flexibility index (Phi) is 14.9. The van der Waals surface area contributed by atoms with Crippen molar-refractivity contribution in [3.05, 3.63) is 52.4 Å². The van der Waals surface area contributed by atoms with E-state index in [9.17, 15) is 22.8 Å². The van der Waals surface area contributed by atoms with Gasteiger partial charge in [0.1, 0.15) is 5.75 Å². The second-order valence-electron chi connectivity index (χ2n) is 16.7. The van der Waals surface area contributed by atoms with E-state index in [0.29, 0.717) is 36.5 Å². The first-order valence-corrected chi connectivity index (χ1v) is 19.7. The lowest BCUT2D eigenvalue weighted by Crippen LogP contribution is -2.25. The minimum Gasteiger partial charge on any atom is -0.478 e. The van der Waals surface area contributed by atoms with Crippen LogP contribution >= 0.6 is 0 Å². The number of benzene rings is 1. The number of aromatic nitrogens is 1.